The first-order chi connectivity index (χ1) is 21.1. The summed E-state index contributed by atoms with van der Waals surface area (Å²) in [6.45, 7) is 3.28. The molecular weight excluding hydrogens is 717 g/mol. The van der Waals surface area contributed by atoms with Gasteiger partial charge in [0.2, 0.25) is 5.91 Å². The maximum absolute atomic E-state index is 14.8. The van der Waals surface area contributed by atoms with Gasteiger partial charge in [0, 0.05) is 34.3 Å². The van der Waals surface area contributed by atoms with Crippen molar-refractivity contribution < 1.29 is 32.3 Å². The number of alkyl halides is 3. The zero-order valence-corrected chi connectivity index (χ0v) is 26.1. The molecular formula is C29H26F4IN5O6. The maximum Gasteiger partial charge on any atom is 0.490 e. The van der Waals surface area contributed by atoms with Gasteiger partial charge in [0.15, 0.2) is 0 Å². The smallest absolute Gasteiger partial charge is 0.475 e. The van der Waals surface area contributed by atoms with Gasteiger partial charge in [-0.3, -0.25) is 28.1 Å². The molecule has 1 aliphatic carbocycles. The first kappa shape index (κ1) is 33.4. The number of fused-ring (bicyclic) bond motifs is 1. The van der Waals surface area contributed by atoms with E-state index in [0.29, 0.717) is 27.8 Å². The van der Waals surface area contributed by atoms with E-state index in [2.05, 4.69) is 10.6 Å². The number of rotatable bonds is 6. The summed E-state index contributed by atoms with van der Waals surface area (Å²) in [5.74, 6) is -3.42. The van der Waals surface area contributed by atoms with E-state index < -0.39 is 34.8 Å². The number of carbonyl (C=O) groups excluding carboxylic acids is 1. The fourth-order valence-corrected chi connectivity index (χ4v) is 5.00. The summed E-state index contributed by atoms with van der Waals surface area (Å²) in [6.07, 6.45) is -3.46. The van der Waals surface area contributed by atoms with Gasteiger partial charge in [0.25, 0.3) is 11.1 Å². The third-order valence-corrected chi connectivity index (χ3v) is 7.56. The van der Waals surface area contributed by atoms with Crippen LogP contribution in [0.2, 0.25) is 0 Å². The first-order valence-electron chi connectivity index (χ1n) is 13.4. The Morgan fingerprint density at radius 1 is 1.07 bits per heavy atom. The number of pyridine rings is 1. The van der Waals surface area contributed by atoms with Crippen LogP contribution in [0.25, 0.3) is 16.6 Å². The van der Waals surface area contributed by atoms with Crippen LogP contribution >= 0.6 is 22.6 Å². The number of nitrogens with zero attached hydrogens (tertiary/aromatic N) is 3. The number of aryl methyl sites for hydroxylation is 1. The number of carbonyl (C=O) groups is 2. The number of nitrogens with one attached hydrogen (secondary N) is 2. The second-order valence-corrected chi connectivity index (χ2v) is 11.3. The van der Waals surface area contributed by atoms with Gasteiger partial charge in [-0.05, 0) is 78.8 Å². The number of carboxylic acid groups (broad SMARTS) is 1. The second-order valence-electron chi connectivity index (χ2n) is 10.1. The summed E-state index contributed by atoms with van der Waals surface area (Å²) in [4.78, 5) is 62.0. The minimum Gasteiger partial charge on any atom is -0.475 e. The molecule has 0 radical (unpaired) electrons. The standard InChI is InChI=1S/C27H25FIN5O4.C2HF3O2/c1-4-21(35)30-16-6-5-7-18(13-16)33-23-14(2)25(36)32(3)24(31-20-11-8-15(29)12-19(20)28)22(23)26(37)34(27(33)38)17-9-10-17;3-2(4,5)1(6)7/h5-8,11-13,17,31H,4,9-10H2,1-3H3,(H,30,35);(H,6,7). The van der Waals surface area contributed by atoms with E-state index in [4.69, 9.17) is 9.90 Å². The van der Waals surface area contributed by atoms with Gasteiger partial charge in [-0.25, -0.2) is 14.0 Å². The molecule has 0 bridgehead atoms. The van der Waals surface area contributed by atoms with Gasteiger partial charge in [0.1, 0.15) is 17.0 Å². The van der Waals surface area contributed by atoms with Crippen LogP contribution < -0.4 is 27.4 Å². The average molecular weight is 743 g/mol. The van der Waals surface area contributed by atoms with Crippen LogP contribution in [0.5, 0.6) is 0 Å². The minimum absolute atomic E-state index is 0.0827. The molecule has 2 aromatic heterocycles. The molecule has 1 fully saturated rings. The summed E-state index contributed by atoms with van der Waals surface area (Å²) < 4.78 is 51.1. The van der Waals surface area contributed by atoms with Crippen molar-refractivity contribution in [1.29, 1.82) is 0 Å². The minimum atomic E-state index is -5.08. The quantitative estimate of drug-likeness (QED) is 0.187. The van der Waals surface area contributed by atoms with Gasteiger partial charge in [-0.15, -0.1) is 0 Å². The van der Waals surface area contributed by atoms with Crippen LogP contribution in [-0.2, 0) is 16.6 Å². The Balaban J connectivity index is 0.000000591. The lowest BCUT2D eigenvalue weighted by atomic mass is 10.1. The van der Waals surface area contributed by atoms with Crippen molar-refractivity contribution in [1.82, 2.24) is 13.7 Å². The Kier molecular flexibility index (Phi) is 9.55. The molecule has 16 heteroatoms. The monoisotopic (exact) mass is 743 g/mol. The molecule has 1 saturated carbocycles. The van der Waals surface area contributed by atoms with Crippen molar-refractivity contribution in [2.75, 3.05) is 10.6 Å². The Morgan fingerprint density at radius 3 is 2.27 bits per heavy atom. The molecule has 0 saturated heterocycles. The van der Waals surface area contributed by atoms with Crippen LogP contribution in [0, 0.1) is 16.3 Å². The molecule has 0 atom stereocenters. The molecule has 2 heterocycles. The van der Waals surface area contributed by atoms with E-state index in [1.165, 1.54) is 32.9 Å². The third-order valence-electron chi connectivity index (χ3n) is 6.89. The number of hydrogen-bond acceptors (Lipinski definition) is 6. The largest absolute Gasteiger partial charge is 0.490 e. The Bertz CT molecular complexity index is 2010. The summed E-state index contributed by atoms with van der Waals surface area (Å²) >= 11 is 1.99. The number of carboxylic acids is 1. The van der Waals surface area contributed by atoms with Crippen LogP contribution in [-0.4, -0.2) is 36.9 Å². The van der Waals surface area contributed by atoms with Crippen molar-refractivity contribution in [3.8, 4) is 5.69 Å². The van der Waals surface area contributed by atoms with Crippen molar-refractivity contribution >= 4 is 62.6 Å². The highest BCUT2D eigenvalue weighted by Gasteiger charge is 2.38. The molecule has 0 unspecified atom stereocenters. The van der Waals surface area contributed by atoms with Crippen molar-refractivity contribution in [3.63, 3.8) is 0 Å². The van der Waals surface area contributed by atoms with Gasteiger partial charge in [-0.2, -0.15) is 13.2 Å². The SMILES string of the molecule is CCC(=O)Nc1cccc(-n2c(=O)n(C3CC3)c(=O)c3c(Nc4ccc(I)cc4F)n(C)c(=O)c(C)c32)c1.O=C(O)C(F)(F)F. The lowest BCUT2D eigenvalue weighted by Crippen LogP contribution is -2.41. The van der Waals surface area contributed by atoms with Gasteiger partial charge >= 0.3 is 17.8 Å². The first-order valence-corrected chi connectivity index (χ1v) is 14.5. The Hall–Kier alpha value is -4.48. The van der Waals surface area contributed by atoms with E-state index in [9.17, 15) is 36.7 Å². The topological polar surface area (TPSA) is 144 Å². The highest BCUT2D eigenvalue weighted by atomic mass is 127. The maximum atomic E-state index is 14.8. The third kappa shape index (κ3) is 6.94. The predicted octanol–water partition coefficient (Wildman–Crippen LogP) is 4.96. The van der Waals surface area contributed by atoms with E-state index in [-0.39, 0.29) is 46.3 Å². The number of benzene rings is 2. The lowest BCUT2D eigenvalue weighted by molar-refractivity contribution is -0.192. The molecule has 1 aliphatic rings. The lowest BCUT2D eigenvalue weighted by Gasteiger charge is -2.21. The molecule has 11 nitrogen and oxygen atoms in total. The number of amides is 1. The van der Waals surface area contributed by atoms with E-state index in [1.807, 2.05) is 22.6 Å². The fraction of sp³-hybridized carbons (Fsp3) is 0.276. The van der Waals surface area contributed by atoms with E-state index in [0.717, 1.165) is 0 Å². The summed E-state index contributed by atoms with van der Waals surface area (Å²) in [5.41, 5.74) is -0.310. The van der Waals surface area contributed by atoms with Crippen molar-refractivity contribution in [3.05, 3.63) is 88.6 Å². The van der Waals surface area contributed by atoms with E-state index in [1.54, 1.807) is 44.2 Å². The molecule has 3 N–H and O–H groups in total. The van der Waals surface area contributed by atoms with Crippen LogP contribution in [0.4, 0.5) is 34.8 Å². The molecule has 5 rings (SSSR count). The molecule has 2 aromatic carbocycles. The highest BCUT2D eigenvalue weighted by molar-refractivity contribution is 14.1. The summed E-state index contributed by atoms with van der Waals surface area (Å²) in [5, 5.41) is 12.9. The average Bonchev–Trinajstić information content (AvgIpc) is 3.80. The number of aliphatic carboxylic acids is 1. The fourth-order valence-electron chi connectivity index (χ4n) is 4.55. The molecule has 238 valence electrons. The highest BCUT2D eigenvalue weighted by Crippen LogP contribution is 2.34. The number of halogens is 5. The summed E-state index contributed by atoms with van der Waals surface area (Å²) in [7, 11) is 1.50. The molecule has 0 spiro atoms. The molecule has 1 amide bonds. The number of anilines is 3. The van der Waals surface area contributed by atoms with Crippen molar-refractivity contribution in [2.45, 2.75) is 45.3 Å². The summed E-state index contributed by atoms with van der Waals surface area (Å²) in [6, 6.07) is 11.0. The van der Waals surface area contributed by atoms with Crippen LogP contribution in [0.3, 0.4) is 0 Å². The van der Waals surface area contributed by atoms with Gasteiger partial charge < -0.3 is 15.7 Å². The Morgan fingerprint density at radius 2 is 1.71 bits per heavy atom. The normalized spacial score (nSPS) is 12.8. The van der Waals surface area contributed by atoms with Gasteiger partial charge in [0.05, 0.1) is 16.9 Å². The number of aromatic nitrogens is 3. The van der Waals surface area contributed by atoms with Gasteiger partial charge in [-0.1, -0.05) is 13.0 Å². The van der Waals surface area contributed by atoms with Crippen molar-refractivity contribution in [2.24, 2.45) is 7.05 Å². The Labute approximate surface area is 265 Å². The van der Waals surface area contributed by atoms with Crippen LogP contribution in [0.1, 0.15) is 37.8 Å². The predicted molar refractivity (Wildman–Crippen MR) is 167 cm³/mol. The van der Waals surface area contributed by atoms with Crippen LogP contribution in [0.15, 0.2) is 56.8 Å². The molecule has 0 aliphatic heterocycles. The zero-order chi connectivity index (χ0) is 33.4. The number of hydrogen-bond donors (Lipinski definition) is 3. The zero-order valence-electron chi connectivity index (χ0n) is 24.0. The molecule has 4 aromatic rings. The second kappa shape index (κ2) is 12.9. The molecule has 45 heavy (non-hydrogen) atoms. The van der Waals surface area contributed by atoms with E-state index >= 15 is 0 Å².